The maximum absolute atomic E-state index is 4.65. The standard InChI is InChI=1S/C18H29N5S.HI/c1-4-19-18(20-11-7-8-14-24-3)21-12-13-23-15(2)22-16-9-5-6-10-17(16)23;/h5-6,9-10H,4,7-8,11-14H2,1-3H3,(H2,19,20,21);1H. The van der Waals surface area contributed by atoms with Gasteiger partial charge in [0.15, 0.2) is 5.96 Å². The number of nitrogens with one attached hydrogen (secondary N) is 2. The minimum atomic E-state index is 0. The molecule has 1 aromatic carbocycles. The number of imidazole rings is 1. The third kappa shape index (κ3) is 7.05. The van der Waals surface area contributed by atoms with Gasteiger partial charge in [-0.1, -0.05) is 12.1 Å². The van der Waals surface area contributed by atoms with Crippen LogP contribution in [0.15, 0.2) is 29.3 Å². The van der Waals surface area contributed by atoms with Crippen LogP contribution in [-0.2, 0) is 6.54 Å². The summed E-state index contributed by atoms with van der Waals surface area (Å²) in [5, 5.41) is 6.74. The van der Waals surface area contributed by atoms with Crippen LogP contribution < -0.4 is 10.6 Å². The molecule has 0 aliphatic rings. The monoisotopic (exact) mass is 475 g/mol. The van der Waals surface area contributed by atoms with Crippen molar-refractivity contribution in [3.8, 4) is 0 Å². The number of thioether (sulfide) groups is 1. The smallest absolute Gasteiger partial charge is 0.191 e. The number of nitrogens with zero attached hydrogens (tertiary/aromatic N) is 3. The molecule has 0 saturated heterocycles. The number of aliphatic imine (C=N–C) groups is 1. The molecule has 0 amide bonds. The SMILES string of the molecule is CCNC(=NCCCCSC)NCCn1c(C)nc2ccccc21.I. The molecule has 5 nitrogen and oxygen atoms in total. The molecule has 0 aliphatic carbocycles. The molecule has 7 heteroatoms. The first-order chi connectivity index (χ1) is 11.8. The molecule has 1 aromatic heterocycles. The van der Waals surface area contributed by atoms with E-state index in [4.69, 9.17) is 0 Å². The molecule has 0 aliphatic heterocycles. The van der Waals surface area contributed by atoms with Crippen molar-refractivity contribution in [1.82, 2.24) is 20.2 Å². The number of hydrogen-bond donors (Lipinski definition) is 2. The molecule has 25 heavy (non-hydrogen) atoms. The molecule has 2 rings (SSSR count). The average molecular weight is 475 g/mol. The highest BCUT2D eigenvalue weighted by Crippen LogP contribution is 2.14. The molecule has 140 valence electrons. The van der Waals surface area contributed by atoms with E-state index < -0.39 is 0 Å². The molecule has 0 unspecified atom stereocenters. The van der Waals surface area contributed by atoms with Crippen LogP contribution in [0.25, 0.3) is 11.0 Å². The van der Waals surface area contributed by atoms with Crippen LogP contribution in [0.5, 0.6) is 0 Å². The van der Waals surface area contributed by atoms with E-state index in [1.807, 2.05) is 17.8 Å². The molecule has 0 bridgehead atoms. The second-order valence-corrected chi connectivity index (χ2v) is 6.67. The van der Waals surface area contributed by atoms with E-state index in [0.717, 1.165) is 49.9 Å². The van der Waals surface area contributed by atoms with Gasteiger partial charge in [0.2, 0.25) is 0 Å². The number of halogens is 1. The van der Waals surface area contributed by atoms with E-state index >= 15 is 0 Å². The lowest BCUT2D eigenvalue weighted by Crippen LogP contribution is -2.39. The minimum absolute atomic E-state index is 0. The van der Waals surface area contributed by atoms with Gasteiger partial charge < -0.3 is 15.2 Å². The Hall–Kier alpha value is -0.960. The van der Waals surface area contributed by atoms with Crippen LogP contribution in [0.1, 0.15) is 25.6 Å². The normalized spacial score (nSPS) is 11.4. The van der Waals surface area contributed by atoms with Crippen LogP contribution in [-0.4, -0.2) is 47.2 Å². The van der Waals surface area contributed by atoms with Crippen molar-refractivity contribution in [3.63, 3.8) is 0 Å². The van der Waals surface area contributed by atoms with Crippen molar-refractivity contribution in [2.75, 3.05) is 31.6 Å². The van der Waals surface area contributed by atoms with E-state index in [1.54, 1.807) is 0 Å². The minimum Gasteiger partial charge on any atom is -0.357 e. The summed E-state index contributed by atoms with van der Waals surface area (Å²) < 4.78 is 2.25. The fourth-order valence-electron chi connectivity index (χ4n) is 2.66. The zero-order chi connectivity index (χ0) is 17.2. The van der Waals surface area contributed by atoms with Gasteiger partial charge in [0.05, 0.1) is 11.0 Å². The molecule has 0 fully saturated rings. The summed E-state index contributed by atoms with van der Waals surface area (Å²) in [7, 11) is 0. The maximum atomic E-state index is 4.65. The van der Waals surface area contributed by atoms with Crippen LogP contribution in [0.4, 0.5) is 0 Å². The highest BCUT2D eigenvalue weighted by molar-refractivity contribution is 14.0. The molecule has 0 saturated carbocycles. The third-order valence-electron chi connectivity index (χ3n) is 3.84. The largest absolute Gasteiger partial charge is 0.357 e. The number of guanidine groups is 1. The number of para-hydroxylation sites is 2. The lowest BCUT2D eigenvalue weighted by atomic mass is 10.3. The second-order valence-electron chi connectivity index (χ2n) is 5.69. The quantitative estimate of drug-likeness (QED) is 0.252. The Morgan fingerprint density at radius 3 is 2.80 bits per heavy atom. The Labute approximate surface area is 172 Å². The van der Waals surface area contributed by atoms with Gasteiger partial charge in [-0.25, -0.2) is 4.98 Å². The maximum Gasteiger partial charge on any atom is 0.191 e. The highest BCUT2D eigenvalue weighted by Gasteiger charge is 2.06. The number of benzene rings is 1. The summed E-state index contributed by atoms with van der Waals surface area (Å²) in [5.74, 6) is 3.17. The van der Waals surface area contributed by atoms with Gasteiger partial charge in [-0.15, -0.1) is 24.0 Å². The van der Waals surface area contributed by atoms with Crippen LogP contribution >= 0.6 is 35.7 Å². The van der Waals surface area contributed by atoms with Crippen LogP contribution in [0.3, 0.4) is 0 Å². The lowest BCUT2D eigenvalue weighted by Gasteiger charge is -2.13. The zero-order valence-electron chi connectivity index (χ0n) is 15.4. The first-order valence-corrected chi connectivity index (χ1v) is 10.1. The van der Waals surface area contributed by atoms with E-state index in [2.05, 4.69) is 63.5 Å². The number of unbranched alkanes of at least 4 members (excludes halogenated alkanes) is 1. The zero-order valence-corrected chi connectivity index (χ0v) is 18.6. The van der Waals surface area contributed by atoms with Gasteiger partial charge >= 0.3 is 0 Å². The van der Waals surface area contributed by atoms with Crippen molar-refractivity contribution < 1.29 is 0 Å². The second kappa shape index (κ2) is 12.4. The van der Waals surface area contributed by atoms with Crippen molar-refractivity contribution in [3.05, 3.63) is 30.1 Å². The van der Waals surface area contributed by atoms with Crippen LogP contribution in [0, 0.1) is 6.92 Å². The van der Waals surface area contributed by atoms with Gasteiger partial charge in [0, 0.05) is 26.2 Å². The molecule has 0 atom stereocenters. The number of fused-ring (bicyclic) bond motifs is 1. The Kier molecular flexibility index (Phi) is 11.0. The van der Waals surface area contributed by atoms with Gasteiger partial charge in [0.1, 0.15) is 5.82 Å². The van der Waals surface area contributed by atoms with E-state index in [-0.39, 0.29) is 24.0 Å². The summed E-state index contributed by atoms with van der Waals surface area (Å²) in [6, 6.07) is 8.28. The molecule has 2 N–H and O–H groups in total. The van der Waals surface area contributed by atoms with E-state index in [1.165, 1.54) is 17.7 Å². The van der Waals surface area contributed by atoms with Gasteiger partial charge in [-0.2, -0.15) is 11.8 Å². The summed E-state index contributed by atoms with van der Waals surface area (Å²) in [6.07, 6.45) is 4.52. The fraction of sp³-hybridized carbons (Fsp3) is 0.556. The molecule has 1 heterocycles. The molecular weight excluding hydrogens is 445 g/mol. The number of hydrogen-bond acceptors (Lipinski definition) is 3. The molecule has 0 radical (unpaired) electrons. The average Bonchev–Trinajstić information content (AvgIpc) is 2.90. The van der Waals surface area contributed by atoms with Crippen molar-refractivity contribution in [1.29, 1.82) is 0 Å². The lowest BCUT2D eigenvalue weighted by molar-refractivity contribution is 0.659. The molecular formula is C18H30IN5S. The number of aryl methyl sites for hydroxylation is 1. The highest BCUT2D eigenvalue weighted by atomic mass is 127. The van der Waals surface area contributed by atoms with Gasteiger partial charge in [0.25, 0.3) is 0 Å². The van der Waals surface area contributed by atoms with Crippen molar-refractivity contribution >= 4 is 52.7 Å². The number of aromatic nitrogens is 2. The third-order valence-corrected chi connectivity index (χ3v) is 4.54. The summed E-state index contributed by atoms with van der Waals surface area (Å²) in [4.78, 5) is 9.26. The Bertz CT molecular complexity index is 656. The molecule has 0 spiro atoms. The first-order valence-electron chi connectivity index (χ1n) is 8.69. The predicted octanol–water partition coefficient (Wildman–Crippen LogP) is 3.66. The van der Waals surface area contributed by atoms with E-state index in [0.29, 0.717) is 0 Å². The summed E-state index contributed by atoms with van der Waals surface area (Å²) in [6.45, 7) is 7.62. The van der Waals surface area contributed by atoms with E-state index in [9.17, 15) is 0 Å². The number of rotatable bonds is 9. The Morgan fingerprint density at radius 1 is 1.24 bits per heavy atom. The first kappa shape index (κ1) is 22.1. The van der Waals surface area contributed by atoms with Crippen molar-refractivity contribution in [2.24, 2.45) is 4.99 Å². The Balaban J connectivity index is 0.00000312. The van der Waals surface area contributed by atoms with Crippen LogP contribution in [0.2, 0.25) is 0 Å². The predicted molar refractivity (Wildman–Crippen MR) is 121 cm³/mol. The van der Waals surface area contributed by atoms with Gasteiger partial charge in [-0.05, 0) is 50.8 Å². The summed E-state index contributed by atoms with van der Waals surface area (Å²) >= 11 is 1.90. The van der Waals surface area contributed by atoms with Crippen molar-refractivity contribution in [2.45, 2.75) is 33.2 Å². The summed E-state index contributed by atoms with van der Waals surface area (Å²) in [5.41, 5.74) is 2.25. The Morgan fingerprint density at radius 2 is 2.04 bits per heavy atom. The fourth-order valence-corrected chi connectivity index (χ4v) is 3.15. The van der Waals surface area contributed by atoms with Gasteiger partial charge in [-0.3, -0.25) is 4.99 Å². The molecule has 2 aromatic rings. The topological polar surface area (TPSA) is 54.2 Å².